The molecule has 2 aliphatic rings. The van der Waals surface area contributed by atoms with Crippen LogP contribution in [0.4, 0.5) is 13.2 Å². The van der Waals surface area contributed by atoms with E-state index < -0.39 is 22.2 Å². The molecule has 0 bridgehead atoms. The molecule has 1 aromatic rings. The van der Waals surface area contributed by atoms with Crippen LogP contribution in [0.5, 0.6) is 0 Å². The number of aliphatic carboxylic acids is 1. The Hall–Kier alpha value is -1.45. The lowest BCUT2D eigenvalue weighted by molar-refractivity contribution is -0.192. The number of halogens is 4. The van der Waals surface area contributed by atoms with Crippen molar-refractivity contribution in [1.29, 1.82) is 0 Å². The second-order valence-electron chi connectivity index (χ2n) is 8.40. The molecule has 0 radical (unpaired) electrons. The maximum atomic E-state index is 13.1. The molecule has 36 heavy (non-hydrogen) atoms. The summed E-state index contributed by atoms with van der Waals surface area (Å²) in [6, 6.07) is 3.16. The monoisotopic (exact) mass is 576 g/mol. The van der Waals surface area contributed by atoms with Crippen LogP contribution in [-0.2, 0) is 19.6 Å². The van der Waals surface area contributed by atoms with E-state index in [0.29, 0.717) is 24.0 Å². The Morgan fingerprint density at radius 3 is 2.22 bits per heavy atom. The fourth-order valence-corrected chi connectivity index (χ4v) is 6.98. The molecule has 206 valence electrons. The second kappa shape index (κ2) is 14.5. The number of carboxylic acid groups (broad SMARTS) is 1. The highest BCUT2D eigenvalue weighted by atomic mass is 35.5. The quantitative estimate of drug-likeness (QED) is 0.465. The summed E-state index contributed by atoms with van der Waals surface area (Å²) in [4.78, 5) is 25.7. The molecule has 9 nitrogen and oxygen atoms in total. The van der Waals surface area contributed by atoms with Gasteiger partial charge in [0, 0.05) is 45.7 Å². The molecule has 1 amide bonds. The number of alkyl halides is 3. The first kappa shape index (κ1) is 30.8. The number of hydrogen-bond donors (Lipinski definition) is 2. The zero-order valence-corrected chi connectivity index (χ0v) is 22.2. The number of nitrogens with one attached hydrogen (secondary N) is 1. The van der Waals surface area contributed by atoms with Crippen molar-refractivity contribution < 1.29 is 36.3 Å². The van der Waals surface area contributed by atoms with Crippen LogP contribution in [0, 0.1) is 0 Å². The Labute approximate surface area is 218 Å². The van der Waals surface area contributed by atoms with E-state index >= 15 is 0 Å². The first-order valence-electron chi connectivity index (χ1n) is 11.7. The van der Waals surface area contributed by atoms with Crippen LogP contribution in [0.1, 0.15) is 32.1 Å². The Balaban J connectivity index is 0.000000572. The third kappa shape index (κ3) is 10.1. The number of sulfonamides is 1. The van der Waals surface area contributed by atoms with E-state index in [2.05, 4.69) is 10.2 Å². The number of carbonyl (C=O) groups is 2. The summed E-state index contributed by atoms with van der Waals surface area (Å²) in [5, 5.41) is 10.4. The molecule has 0 aromatic carbocycles. The topological polar surface area (TPSA) is 110 Å². The summed E-state index contributed by atoms with van der Waals surface area (Å²) >= 11 is 7.04. The minimum Gasteiger partial charge on any atom is -0.475 e. The van der Waals surface area contributed by atoms with Crippen LogP contribution in [0.3, 0.4) is 0 Å². The molecule has 3 rings (SSSR count). The molecule has 3 heterocycles. The summed E-state index contributed by atoms with van der Waals surface area (Å²) < 4.78 is 60.2. The van der Waals surface area contributed by atoms with E-state index in [1.165, 1.54) is 23.6 Å². The number of likely N-dealkylation sites (tertiary alicyclic amines) is 1. The molecule has 2 fully saturated rings. The SMILES string of the molecule is O=C(CCN(CCCN1CCCCC1)S(=O)(=O)c1ccc(Cl)s1)N1CCNCC1.O=C(O)C(F)(F)F. The van der Waals surface area contributed by atoms with Crippen LogP contribution in [-0.4, -0.2) is 105 Å². The predicted octanol–water partition coefficient (Wildman–Crippen LogP) is 2.72. The van der Waals surface area contributed by atoms with E-state index in [-0.39, 0.29) is 23.1 Å². The Morgan fingerprint density at radius 1 is 1.08 bits per heavy atom. The number of piperidine rings is 1. The van der Waals surface area contributed by atoms with Gasteiger partial charge in [0.1, 0.15) is 4.21 Å². The van der Waals surface area contributed by atoms with E-state index in [4.69, 9.17) is 21.5 Å². The van der Waals surface area contributed by atoms with Gasteiger partial charge in [0.05, 0.1) is 4.34 Å². The van der Waals surface area contributed by atoms with Gasteiger partial charge in [0.25, 0.3) is 10.0 Å². The number of nitrogens with zero attached hydrogens (tertiary/aromatic N) is 3. The van der Waals surface area contributed by atoms with Crippen LogP contribution in [0.25, 0.3) is 0 Å². The fraction of sp³-hybridized carbons (Fsp3) is 0.714. The molecular formula is C21H32ClF3N4O5S2. The Bertz CT molecular complexity index is 950. The molecule has 2 N–H and O–H groups in total. The lowest BCUT2D eigenvalue weighted by Crippen LogP contribution is -2.47. The number of carboxylic acids is 1. The number of thiophene rings is 1. The van der Waals surface area contributed by atoms with Gasteiger partial charge < -0.3 is 20.2 Å². The highest BCUT2D eigenvalue weighted by Gasteiger charge is 2.38. The van der Waals surface area contributed by atoms with Crippen LogP contribution in [0.2, 0.25) is 4.34 Å². The van der Waals surface area contributed by atoms with Gasteiger partial charge in [-0.3, -0.25) is 4.79 Å². The summed E-state index contributed by atoms with van der Waals surface area (Å²) in [5.74, 6) is -2.74. The van der Waals surface area contributed by atoms with Gasteiger partial charge >= 0.3 is 12.1 Å². The van der Waals surface area contributed by atoms with Gasteiger partial charge in [-0.25, -0.2) is 13.2 Å². The van der Waals surface area contributed by atoms with Crippen molar-refractivity contribution >= 4 is 44.8 Å². The normalized spacial score (nSPS) is 17.5. The van der Waals surface area contributed by atoms with Gasteiger partial charge in [0.2, 0.25) is 5.91 Å². The molecule has 0 atom stereocenters. The number of hydrogen-bond acceptors (Lipinski definition) is 7. The molecule has 15 heteroatoms. The zero-order chi connectivity index (χ0) is 26.8. The standard InChI is InChI=1S/C19H31ClN4O3S2.C2HF3O2/c20-17-5-6-19(28-17)29(26,27)24(13-4-12-22-10-2-1-3-11-22)14-7-18(25)23-15-8-21-9-16-23;3-2(4,5)1(6)7/h5-6,21H,1-4,7-16H2;(H,6,7). The highest BCUT2D eigenvalue weighted by Crippen LogP contribution is 2.28. The highest BCUT2D eigenvalue weighted by molar-refractivity contribution is 7.91. The van der Waals surface area contributed by atoms with Crippen molar-refractivity contribution in [2.75, 3.05) is 58.9 Å². The molecule has 0 spiro atoms. The summed E-state index contributed by atoms with van der Waals surface area (Å²) in [7, 11) is -3.64. The zero-order valence-electron chi connectivity index (χ0n) is 19.8. The molecule has 2 aliphatic heterocycles. The van der Waals surface area contributed by atoms with Crippen molar-refractivity contribution in [2.45, 2.75) is 42.5 Å². The summed E-state index contributed by atoms with van der Waals surface area (Å²) in [5.41, 5.74) is 0. The third-order valence-electron chi connectivity index (χ3n) is 5.76. The van der Waals surface area contributed by atoms with E-state index in [1.807, 2.05) is 4.90 Å². The molecule has 0 saturated carbocycles. The molecule has 2 saturated heterocycles. The van der Waals surface area contributed by atoms with E-state index in [0.717, 1.165) is 50.5 Å². The van der Waals surface area contributed by atoms with Crippen LogP contribution in [0.15, 0.2) is 16.3 Å². The average Bonchev–Trinajstić information content (AvgIpc) is 3.29. The molecule has 1 aromatic heterocycles. The first-order chi connectivity index (χ1) is 16.9. The smallest absolute Gasteiger partial charge is 0.475 e. The van der Waals surface area contributed by atoms with Crippen molar-refractivity contribution in [2.24, 2.45) is 0 Å². The van der Waals surface area contributed by atoms with Crippen LogP contribution < -0.4 is 5.32 Å². The number of piperazine rings is 1. The lowest BCUT2D eigenvalue weighted by atomic mass is 10.1. The number of amides is 1. The van der Waals surface area contributed by atoms with Crippen molar-refractivity contribution in [3.63, 3.8) is 0 Å². The molecular weight excluding hydrogens is 545 g/mol. The van der Waals surface area contributed by atoms with Gasteiger partial charge in [-0.15, -0.1) is 11.3 Å². The number of rotatable bonds is 9. The Morgan fingerprint density at radius 2 is 1.69 bits per heavy atom. The largest absolute Gasteiger partial charge is 0.490 e. The minimum atomic E-state index is -5.08. The predicted molar refractivity (Wildman–Crippen MR) is 131 cm³/mol. The second-order valence-corrected chi connectivity index (χ2v) is 12.3. The summed E-state index contributed by atoms with van der Waals surface area (Å²) in [6.07, 6.45) is -0.393. The van der Waals surface area contributed by atoms with Gasteiger partial charge in [0.15, 0.2) is 0 Å². The lowest BCUT2D eigenvalue weighted by Gasteiger charge is -2.29. The molecule has 0 unspecified atom stereocenters. The average molecular weight is 577 g/mol. The van der Waals surface area contributed by atoms with Gasteiger partial charge in [-0.2, -0.15) is 17.5 Å². The first-order valence-corrected chi connectivity index (χ1v) is 14.3. The molecule has 0 aliphatic carbocycles. The third-order valence-corrected chi connectivity index (χ3v) is 9.36. The van der Waals surface area contributed by atoms with Crippen molar-refractivity contribution in [3.8, 4) is 0 Å². The van der Waals surface area contributed by atoms with Crippen molar-refractivity contribution in [3.05, 3.63) is 16.5 Å². The maximum absolute atomic E-state index is 13.1. The fourth-order valence-electron chi connectivity index (χ4n) is 3.86. The van der Waals surface area contributed by atoms with Crippen molar-refractivity contribution in [1.82, 2.24) is 19.4 Å². The van der Waals surface area contributed by atoms with E-state index in [1.54, 1.807) is 12.1 Å². The van der Waals surface area contributed by atoms with Gasteiger partial charge in [-0.1, -0.05) is 18.0 Å². The number of carbonyl (C=O) groups excluding carboxylic acids is 1. The van der Waals surface area contributed by atoms with Gasteiger partial charge in [-0.05, 0) is 51.0 Å². The summed E-state index contributed by atoms with van der Waals surface area (Å²) in [6.45, 7) is 6.65. The van der Waals surface area contributed by atoms with Crippen LogP contribution >= 0.6 is 22.9 Å². The minimum absolute atomic E-state index is 0.0203. The maximum Gasteiger partial charge on any atom is 0.490 e. The Kier molecular flexibility index (Phi) is 12.4. The van der Waals surface area contributed by atoms with E-state index in [9.17, 15) is 26.4 Å².